The third-order valence-electron chi connectivity index (χ3n) is 3.00. The second kappa shape index (κ2) is 6.45. The predicted octanol–water partition coefficient (Wildman–Crippen LogP) is 2.08. The molecule has 1 atom stereocenters. The van der Waals surface area contributed by atoms with Gasteiger partial charge in [0, 0.05) is 5.56 Å². The van der Waals surface area contributed by atoms with Gasteiger partial charge in [-0.3, -0.25) is 0 Å². The van der Waals surface area contributed by atoms with Crippen molar-refractivity contribution in [1.82, 2.24) is 15.3 Å². The van der Waals surface area contributed by atoms with E-state index in [0.29, 0.717) is 0 Å². The zero-order valence-electron chi connectivity index (χ0n) is 11.9. The first-order valence-corrected chi connectivity index (χ1v) is 6.18. The number of aromatic nitrogens is 2. The number of nitrogens with one attached hydrogen (secondary N) is 1. The molecule has 0 radical (unpaired) electrons. The molecule has 1 heterocycles. The molecular weight excluding hydrogens is 280 g/mol. The summed E-state index contributed by atoms with van der Waals surface area (Å²) < 4.78 is 38.0. The summed E-state index contributed by atoms with van der Waals surface area (Å²) in [4.78, 5) is 8.21. The Morgan fingerprint density at radius 1 is 1.14 bits per heavy atom. The lowest BCUT2D eigenvalue weighted by atomic mass is 10.0. The minimum atomic E-state index is -0.834. The molecule has 0 spiro atoms. The van der Waals surface area contributed by atoms with E-state index in [1.54, 1.807) is 7.05 Å². The zero-order chi connectivity index (χ0) is 15.4. The first-order chi connectivity index (χ1) is 10.1. The van der Waals surface area contributed by atoms with E-state index in [9.17, 15) is 8.78 Å². The first-order valence-electron chi connectivity index (χ1n) is 6.18. The fourth-order valence-electron chi connectivity index (χ4n) is 2.02. The van der Waals surface area contributed by atoms with Crippen LogP contribution in [0.25, 0.3) is 0 Å². The second-order valence-corrected chi connectivity index (χ2v) is 4.16. The maximum Gasteiger partial charge on any atom is 0.240 e. The van der Waals surface area contributed by atoms with E-state index in [0.717, 1.165) is 0 Å². The summed E-state index contributed by atoms with van der Waals surface area (Å²) in [5.74, 6) is -0.959. The lowest BCUT2D eigenvalue weighted by molar-refractivity contribution is 0.352. The van der Waals surface area contributed by atoms with E-state index in [4.69, 9.17) is 9.47 Å². The fraction of sp³-hybridized carbons (Fsp3) is 0.286. The van der Waals surface area contributed by atoms with Crippen molar-refractivity contribution in [3.05, 3.63) is 47.3 Å². The standard InChI is InChI=1S/C14H15F2N3O2/c1-17-12(11-8(15)5-4-6-9(11)16)13-14(21-3)19-10(20-2)7-18-13/h4-7,12,17H,1-3H3. The average molecular weight is 295 g/mol. The molecule has 21 heavy (non-hydrogen) atoms. The predicted molar refractivity (Wildman–Crippen MR) is 72.4 cm³/mol. The van der Waals surface area contributed by atoms with Crippen molar-refractivity contribution in [3.63, 3.8) is 0 Å². The van der Waals surface area contributed by atoms with Gasteiger partial charge < -0.3 is 14.8 Å². The molecule has 1 N–H and O–H groups in total. The molecule has 0 saturated carbocycles. The van der Waals surface area contributed by atoms with Crippen molar-refractivity contribution in [2.45, 2.75) is 6.04 Å². The van der Waals surface area contributed by atoms with Gasteiger partial charge in [-0.1, -0.05) is 6.07 Å². The van der Waals surface area contributed by atoms with Crippen LogP contribution >= 0.6 is 0 Å². The highest BCUT2D eigenvalue weighted by Crippen LogP contribution is 2.30. The van der Waals surface area contributed by atoms with Crippen LogP contribution in [0, 0.1) is 11.6 Å². The van der Waals surface area contributed by atoms with Crippen molar-refractivity contribution < 1.29 is 18.3 Å². The number of benzene rings is 1. The van der Waals surface area contributed by atoms with E-state index < -0.39 is 17.7 Å². The molecule has 1 aromatic heterocycles. The number of nitrogens with zero attached hydrogens (tertiary/aromatic N) is 2. The molecule has 0 aliphatic carbocycles. The molecule has 0 fully saturated rings. The van der Waals surface area contributed by atoms with Gasteiger partial charge in [-0.05, 0) is 19.2 Å². The summed E-state index contributed by atoms with van der Waals surface area (Å²) in [6.45, 7) is 0. The Morgan fingerprint density at radius 2 is 1.81 bits per heavy atom. The third-order valence-corrected chi connectivity index (χ3v) is 3.00. The van der Waals surface area contributed by atoms with Gasteiger partial charge in [0.15, 0.2) is 0 Å². The molecule has 2 aromatic rings. The van der Waals surface area contributed by atoms with Gasteiger partial charge in [0.25, 0.3) is 0 Å². The summed E-state index contributed by atoms with van der Waals surface area (Å²) in [5, 5.41) is 2.83. The van der Waals surface area contributed by atoms with E-state index in [2.05, 4.69) is 15.3 Å². The first kappa shape index (κ1) is 15.1. The van der Waals surface area contributed by atoms with Gasteiger partial charge in [0.1, 0.15) is 17.3 Å². The van der Waals surface area contributed by atoms with Gasteiger partial charge >= 0.3 is 0 Å². The lowest BCUT2D eigenvalue weighted by Gasteiger charge is -2.19. The highest BCUT2D eigenvalue weighted by Gasteiger charge is 2.25. The van der Waals surface area contributed by atoms with Crippen LogP contribution in [0.1, 0.15) is 17.3 Å². The molecule has 0 saturated heterocycles. The largest absolute Gasteiger partial charge is 0.480 e. The van der Waals surface area contributed by atoms with Crippen LogP contribution in [0.2, 0.25) is 0 Å². The number of rotatable bonds is 5. The minimum absolute atomic E-state index is 0.136. The van der Waals surface area contributed by atoms with E-state index >= 15 is 0 Å². The Labute approximate surface area is 120 Å². The van der Waals surface area contributed by atoms with Gasteiger partial charge in [-0.2, -0.15) is 4.98 Å². The molecule has 1 aromatic carbocycles. The Morgan fingerprint density at radius 3 is 2.33 bits per heavy atom. The van der Waals surface area contributed by atoms with E-state index in [1.165, 1.54) is 38.6 Å². The number of halogens is 2. The summed E-state index contributed by atoms with van der Waals surface area (Å²) in [7, 11) is 4.41. The quantitative estimate of drug-likeness (QED) is 0.915. The number of hydrogen-bond donors (Lipinski definition) is 1. The maximum atomic E-state index is 14.0. The zero-order valence-corrected chi connectivity index (χ0v) is 11.9. The lowest BCUT2D eigenvalue weighted by Crippen LogP contribution is -2.22. The molecule has 0 amide bonds. The molecule has 0 bridgehead atoms. The normalized spacial score (nSPS) is 12.0. The van der Waals surface area contributed by atoms with Crippen LogP contribution in [0.5, 0.6) is 11.8 Å². The summed E-state index contributed by atoms with van der Waals surface area (Å²) in [5.41, 5.74) is 0.127. The van der Waals surface area contributed by atoms with Crippen LogP contribution in [0.15, 0.2) is 24.4 Å². The van der Waals surface area contributed by atoms with Crippen molar-refractivity contribution >= 4 is 0 Å². The van der Waals surface area contributed by atoms with Crippen LogP contribution < -0.4 is 14.8 Å². The van der Waals surface area contributed by atoms with E-state index in [-0.39, 0.29) is 23.0 Å². The highest BCUT2D eigenvalue weighted by molar-refractivity contribution is 5.35. The summed E-state index contributed by atoms with van der Waals surface area (Å²) in [6.07, 6.45) is 1.36. The van der Waals surface area contributed by atoms with Crippen LogP contribution in [0.3, 0.4) is 0 Å². The fourth-order valence-corrected chi connectivity index (χ4v) is 2.02. The summed E-state index contributed by atoms with van der Waals surface area (Å²) >= 11 is 0. The number of hydrogen-bond acceptors (Lipinski definition) is 5. The van der Waals surface area contributed by atoms with Gasteiger partial charge in [-0.25, -0.2) is 13.8 Å². The van der Waals surface area contributed by atoms with Crippen LogP contribution in [-0.2, 0) is 0 Å². The van der Waals surface area contributed by atoms with Crippen molar-refractivity contribution in [2.24, 2.45) is 0 Å². The van der Waals surface area contributed by atoms with Gasteiger partial charge in [0.2, 0.25) is 11.8 Å². The Hall–Kier alpha value is -2.28. The van der Waals surface area contributed by atoms with Crippen molar-refractivity contribution in [2.75, 3.05) is 21.3 Å². The number of ether oxygens (including phenoxy) is 2. The smallest absolute Gasteiger partial charge is 0.240 e. The topological polar surface area (TPSA) is 56.3 Å². The molecule has 0 aliphatic heterocycles. The molecule has 2 rings (SSSR count). The van der Waals surface area contributed by atoms with Crippen LogP contribution in [0.4, 0.5) is 8.78 Å². The highest BCUT2D eigenvalue weighted by atomic mass is 19.1. The molecular formula is C14H15F2N3O2. The molecule has 7 heteroatoms. The monoisotopic (exact) mass is 295 g/mol. The van der Waals surface area contributed by atoms with Gasteiger partial charge in [0.05, 0.1) is 26.5 Å². The Kier molecular flexibility index (Phi) is 4.64. The molecule has 112 valence electrons. The SMILES string of the molecule is CNC(c1ncc(OC)nc1OC)c1c(F)cccc1F. The van der Waals surface area contributed by atoms with Crippen LogP contribution in [-0.4, -0.2) is 31.2 Å². The van der Waals surface area contributed by atoms with Crippen molar-refractivity contribution in [3.8, 4) is 11.8 Å². The molecule has 0 aliphatic rings. The second-order valence-electron chi connectivity index (χ2n) is 4.16. The summed E-state index contributed by atoms with van der Waals surface area (Å²) in [6, 6.07) is 2.84. The number of methoxy groups -OCH3 is 2. The minimum Gasteiger partial charge on any atom is -0.480 e. The Bertz CT molecular complexity index is 617. The molecule has 1 unspecified atom stereocenters. The van der Waals surface area contributed by atoms with E-state index in [1.807, 2.05) is 0 Å². The Balaban J connectivity index is 2.56. The maximum absolute atomic E-state index is 14.0. The van der Waals surface area contributed by atoms with Gasteiger partial charge in [-0.15, -0.1) is 0 Å². The van der Waals surface area contributed by atoms with Crippen molar-refractivity contribution in [1.29, 1.82) is 0 Å². The third kappa shape index (κ3) is 2.92. The average Bonchev–Trinajstić information content (AvgIpc) is 2.50. The molecule has 5 nitrogen and oxygen atoms in total.